The molecule has 0 unspecified atom stereocenters. The topological polar surface area (TPSA) is 204 Å². The largest absolute Gasteiger partial charge is 0.368 e. The lowest BCUT2D eigenvalue weighted by Crippen LogP contribution is -2.54. The van der Waals surface area contributed by atoms with Crippen LogP contribution in [0.4, 0.5) is 11.9 Å². The van der Waals surface area contributed by atoms with Gasteiger partial charge >= 0.3 is 17.1 Å². The molecule has 0 amide bonds. The number of anilines is 2. The molecule has 0 bridgehead atoms. The van der Waals surface area contributed by atoms with Crippen LogP contribution in [0.2, 0.25) is 0 Å². The number of nitriles is 2. The number of aryl methyl sites for hydroxylation is 1. The van der Waals surface area contributed by atoms with E-state index in [0.29, 0.717) is 0 Å². The van der Waals surface area contributed by atoms with Crippen molar-refractivity contribution in [3.63, 3.8) is 0 Å². The van der Waals surface area contributed by atoms with Gasteiger partial charge in [0.2, 0.25) is 11.9 Å². The standard InChI is InChI=1S/C14H16N10O3/c15-4-1-6-22-12(25)23(7-2-5-16)14(27)24(13(22)26)8-3-9-19-10(17)21-11(18)20-9/h1-3,6-8H2,(H4,17,18,19,20,21). The Morgan fingerprint density at radius 1 is 0.741 bits per heavy atom. The summed E-state index contributed by atoms with van der Waals surface area (Å²) in [4.78, 5) is 48.8. The molecule has 2 rings (SSSR count). The van der Waals surface area contributed by atoms with Crippen molar-refractivity contribution >= 4 is 11.9 Å². The van der Waals surface area contributed by atoms with Crippen molar-refractivity contribution < 1.29 is 0 Å². The molecule has 0 radical (unpaired) electrons. The van der Waals surface area contributed by atoms with E-state index in [1.54, 1.807) is 0 Å². The van der Waals surface area contributed by atoms with Gasteiger partial charge in [-0.15, -0.1) is 0 Å². The molecular weight excluding hydrogens is 356 g/mol. The van der Waals surface area contributed by atoms with Crippen molar-refractivity contribution in [2.24, 2.45) is 0 Å². The van der Waals surface area contributed by atoms with Gasteiger partial charge in [0.1, 0.15) is 5.82 Å². The number of rotatable bonds is 7. The number of nitrogens with two attached hydrogens (primary N) is 2. The summed E-state index contributed by atoms with van der Waals surface area (Å²) < 4.78 is 2.41. The van der Waals surface area contributed by atoms with Crippen molar-refractivity contribution in [1.82, 2.24) is 28.7 Å². The van der Waals surface area contributed by atoms with E-state index in [2.05, 4.69) is 15.0 Å². The van der Waals surface area contributed by atoms with Crippen molar-refractivity contribution in [3.8, 4) is 12.1 Å². The lowest BCUT2D eigenvalue weighted by molar-refractivity contribution is 0.447. The highest BCUT2D eigenvalue weighted by Crippen LogP contribution is 1.99. The van der Waals surface area contributed by atoms with Crippen LogP contribution in [0.15, 0.2) is 14.4 Å². The van der Waals surface area contributed by atoms with Crippen LogP contribution in [0.3, 0.4) is 0 Å². The van der Waals surface area contributed by atoms with Crippen LogP contribution < -0.4 is 28.5 Å². The van der Waals surface area contributed by atoms with E-state index in [1.807, 2.05) is 12.1 Å². The molecule has 0 fully saturated rings. The highest BCUT2D eigenvalue weighted by Gasteiger charge is 2.16. The molecule has 0 aliphatic heterocycles. The van der Waals surface area contributed by atoms with E-state index in [9.17, 15) is 14.4 Å². The molecule has 13 heteroatoms. The fourth-order valence-corrected chi connectivity index (χ4v) is 2.36. The quantitative estimate of drug-likeness (QED) is 0.526. The first kappa shape index (κ1) is 19.3. The van der Waals surface area contributed by atoms with Gasteiger partial charge in [0, 0.05) is 26.1 Å². The van der Waals surface area contributed by atoms with E-state index in [-0.39, 0.29) is 56.6 Å². The minimum atomic E-state index is -0.861. The summed E-state index contributed by atoms with van der Waals surface area (Å²) in [7, 11) is 0. The van der Waals surface area contributed by atoms with Crippen LogP contribution >= 0.6 is 0 Å². The van der Waals surface area contributed by atoms with Crippen LogP contribution in [0.1, 0.15) is 18.7 Å². The molecule has 4 N–H and O–H groups in total. The zero-order valence-corrected chi connectivity index (χ0v) is 14.2. The second-order valence-corrected chi connectivity index (χ2v) is 5.34. The molecule has 0 spiro atoms. The fourth-order valence-electron chi connectivity index (χ4n) is 2.36. The summed E-state index contributed by atoms with van der Waals surface area (Å²) >= 11 is 0. The molecule has 2 aromatic rings. The molecule has 0 atom stereocenters. The van der Waals surface area contributed by atoms with Crippen molar-refractivity contribution in [2.45, 2.75) is 38.9 Å². The summed E-state index contributed by atoms with van der Waals surface area (Å²) in [6, 6.07) is 3.67. The Morgan fingerprint density at radius 2 is 1.15 bits per heavy atom. The van der Waals surface area contributed by atoms with Gasteiger partial charge in [0.15, 0.2) is 0 Å². The number of nitrogen functional groups attached to an aromatic ring is 2. The molecule has 0 aromatic carbocycles. The Morgan fingerprint density at radius 3 is 1.56 bits per heavy atom. The van der Waals surface area contributed by atoms with E-state index >= 15 is 0 Å². The van der Waals surface area contributed by atoms with Gasteiger partial charge in [-0.05, 0) is 0 Å². The summed E-state index contributed by atoms with van der Waals surface area (Å²) in [5.41, 5.74) is 8.39. The third-order valence-electron chi connectivity index (χ3n) is 3.56. The number of nitrogens with zero attached hydrogens (tertiary/aromatic N) is 8. The third-order valence-corrected chi connectivity index (χ3v) is 3.56. The molecule has 27 heavy (non-hydrogen) atoms. The van der Waals surface area contributed by atoms with Crippen LogP contribution in [0.25, 0.3) is 0 Å². The first-order valence-electron chi connectivity index (χ1n) is 7.83. The molecular formula is C14H16N10O3. The Balaban J connectivity index is 2.49. The monoisotopic (exact) mass is 372 g/mol. The minimum Gasteiger partial charge on any atom is -0.368 e. The summed E-state index contributed by atoms with van der Waals surface area (Å²) in [5, 5.41) is 17.4. The zero-order valence-electron chi connectivity index (χ0n) is 14.2. The first-order chi connectivity index (χ1) is 12.9. The van der Waals surface area contributed by atoms with E-state index in [0.717, 1.165) is 13.7 Å². The van der Waals surface area contributed by atoms with Gasteiger partial charge in [0.05, 0.1) is 25.0 Å². The maximum atomic E-state index is 12.5. The molecule has 13 nitrogen and oxygen atoms in total. The molecule has 2 aromatic heterocycles. The summed E-state index contributed by atoms with van der Waals surface area (Å²) in [6.07, 6.45) is -0.154. The molecule has 0 aliphatic rings. The number of hydrogen-bond donors (Lipinski definition) is 2. The normalized spacial score (nSPS) is 10.3. The van der Waals surface area contributed by atoms with Crippen LogP contribution in [-0.2, 0) is 26.1 Å². The smallest absolute Gasteiger partial charge is 0.336 e. The molecule has 0 aliphatic carbocycles. The van der Waals surface area contributed by atoms with Gasteiger partial charge in [-0.25, -0.2) is 28.1 Å². The highest BCUT2D eigenvalue weighted by atomic mass is 16.2. The van der Waals surface area contributed by atoms with Crippen molar-refractivity contribution in [1.29, 1.82) is 10.5 Å². The average molecular weight is 372 g/mol. The maximum absolute atomic E-state index is 12.5. The van der Waals surface area contributed by atoms with Gasteiger partial charge < -0.3 is 11.5 Å². The van der Waals surface area contributed by atoms with E-state index < -0.39 is 17.1 Å². The second kappa shape index (κ2) is 8.39. The predicted molar refractivity (Wildman–Crippen MR) is 92.0 cm³/mol. The molecule has 0 saturated heterocycles. The maximum Gasteiger partial charge on any atom is 0.336 e. The average Bonchev–Trinajstić information content (AvgIpc) is 2.60. The Hall–Kier alpha value is -4.00. The number of hydrogen-bond acceptors (Lipinski definition) is 10. The second-order valence-electron chi connectivity index (χ2n) is 5.34. The minimum absolute atomic E-state index is 0.0285. The Kier molecular flexibility index (Phi) is 6.01. The van der Waals surface area contributed by atoms with Crippen molar-refractivity contribution in [3.05, 3.63) is 37.3 Å². The van der Waals surface area contributed by atoms with Crippen LogP contribution in [0, 0.1) is 22.7 Å². The molecule has 2 heterocycles. The lowest BCUT2D eigenvalue weighted by atomic mass is 10.4. The van der Waals surface area contributed by atoms with Gasteiger partial charge in [-0.1, -0.05) is 0 Å². The zero-order chi connectivity index (χ0) is 20.0. The molecule has 0 saturated carbocycles. The highest BCUT2D eigenvalue weighted by molar-refractivity contribution is 5.25. The lowest BCUT2D eigenvalue weighted by Gasteiger charge is -2.12. The Labute approximate surface area is 151 Å². The van der Waals surface area contributed by atoms with Crippen LogP contribution in [-0.4, -0.2) is 28.7 Å². The van der Waals surface area contributed by atoms with Gasteiger partial charge in [-0.2, -0.15) is 25.5 Å². The van der Waals surface area contributed by atoms with Gasteiger partial charge in [0.25, 0.3) is 0 Å². The Bertz CT molecular complexity index is 1020. The molecule has 140 valence electrons. The number of aromatic nitrogens is 6. The van der Waals surface area contributed by atoms with E-state index in [1.165, 1.54) is 0 Å². The fraction of sp³-hybridized carbons (Fsp3) is 0.429. The van der Waals surface area contributed by atoms with Gasteiger partial charge in [-0.3, -0.25) is 0 Å². The SMILES string of the molecule is N#CCCn1c(=O)n(CCC#N)c(=O)n(CCc2nc(N)nc(N)n2)c1=O. The van der Waals surface area contributed by atoms with E-state index in [4.69, 9.17) is 22.0 Å². The third kappa shape index (κ3) is 4.35. The predicted octanol–water partition coefficient (Wildman–Crippen LogP) is -2.41. The summed E-state index contributed by atoms with van der Waals surface area (Å²) in [6.45, 7) is -0.501. The van der Waals surface area contributed by atoms with Crippen molar-refractivity contribution in [2.75, 3.05) is 11.5 Å². The first-order valence-corrected chi connectivity index (χ1v) is 7.83. The summed E-state index contributed by atoms with van der Waals surface area (Å²) in [5.74, 6) is -0.0322. The van der Waals surface area contributed by atoms with Crippen LogP contribution in [0.5, 0.6) is 0 Å².